The molecule has 0 aromatic heterocycles. The van der Waals surface area contributed by atoms with Gasteiger partial charge in [0.2, 0.25) is 0 Å². The molecule has 2 N–H and O–H groups in total. The van der Waals surface area contributed by atoms with E-state index in [2.05, 4.69) is 50.1 Å². The van der Waals surface area contributed by atoms with E-state index >= 15 is 0 Å². The summed E-state index contributed by atoms with van der Waals surface area (Å²) in [5.74, 6) is 0.846. The minimum Gasteiger partial charge on any atom is -0.380 e. The summed E-state index contributed by atoms with van der Waals surface area (Å²) in [5, 5.41) is 0. The Morgan fingerprint density at radius 2 is 1.95 bits per heavy atom. The Kier molecular flexibility index (Phi) is 5.80. The first-order valence-corrected chi connectivity index (χ1v) is 8.06. The first-order chi connectivity index (χ1) is 9.99. The monoisotopic (exact) mass is 290 g/mol. The minimum absolute atomic E-state index is 0.0343. The minimum atomic E-state index is 0.0343. The van der Waals surface area contributed by atoms with Crippen LogP contribution in [0.4, 0.5) is 0 Å². The highest BCUT2D eigenvalue weighted by molar-refractivity contribution is 5.20. The van der Waals surface area contributed by atoms with Crippen molar-refractivity contribution in [3.05, 3.63) is 35.9 Å². The van der Waals surface area contributed by atoms with Crippen molar-refractivity contribution in [1.82, 2.24) is 4.90 Å². The van der Waals surface area contributed by atoms with E-state index < -0.39 is 0 Å². The van der Waals surface area contributed by atoms with Crippen molar-refractivity contribution in [1.29, 1.82) is 0 Å². The van der Waals surface area contributed by atoms with E-state index in [0.29, 0.717) is 0 Å². The number of benzene rings is 1. The Balaban J connectivity index is 1.75. The molecule has 1 aromatic rings. The number of likely N-dealkylation sites (N-methyl/N-ethyl adjacent to an activating group) is 1. The molecule has 2 rings (SSSR count). The number of rotatable bonds is 9. The summed E-state index contributed by atoms with van der Waals surface area (Å²) in [4.78, 5) is 2.33. The Hall–Kier alpha value is -0.900. The summed E-state index contributed by atoms with van der Waals surface area (Å²) in [6.45, 7) is 8.19. The molecule has 3 nitrogen and oxygen atoms in total. The van der Waals surface area contributed by atoms with E-state index in [4.69, 9.17) is 10.5 Å². The van der Waals surface area contributed by atoms with Crippen molar-refractivity contribution in [3.63, 3.8) is 0 Å². The lowest BCUT2D eigenvalue weighted by molar-refractivity contribution is 0.0875. The molecule has 0 heterocycles. The highest BCUT2D eigenvalue weighted by Gasteiger charge is 2.29. The smallest absolute Gasteiger partial charge is 0.0593 e. The van der Waals surface area contributed by atoms with Gasteiger partial charge >= 0.3 is 0 Å². The molecule has 1 unspecified atom stereocenters. The van der Waals surface area contributed by atoms with Gasteiger partial charge in [0.15, 0.2) is 0 Å². The first-order valence-electron chi connectivity index (χ1n) is 8.06. The lowest BCUT2D eigenvalue weighted by Gasteiger charge is -2.35. The van der Waals surface area contributed by atoms with Crippen LogP contribution in [0.15, 0.2) is 30.3 Å². The molecule has 1 aliphatic rings. The van der Waals surface area contributed by atoms with Crippen LogP contribution in [0.2, 0.25) is 0 Å². The molecule has 1 fully saturated rings. The van der Waals surface area contributed by atoms with Crippen molar-refractivity contribution >= 4 is 0 Å². The predicted octanol–water partition coefficient (Wildman–Crippen LogP) is 3.07. The van der Waals surface area contributed by atoms with Crippen LogP contribution in [0.25, 0.3) is 0 Å². The summed E-state index contributed by atoms with van der Waals surface area (Å²) >= 11 is 0. The Bertz CT molecular complexity index is 414. The molecule has 0 radical (unpaired) electrons. The van der Waals surface area contributed by atoms with Gasteiger partial charge in [-0.1, -0.05) is 44.2 Å². The lowest BCUT2D eigenvalue weighted by atomic mass is 9.80. The van der Waals surface area contributed by atoms with Crippen LogP contribution in [0.3, 0.4) is 0 Å². The van der Waals surface area contributed by atoms with Crippen LogP contribution in [0.1, 0.15) is 38.3 Å². The van der Waals surface area contributed by atoms with Gasteiger partial charge in [-0.15, -0.1) is 0 Å². The van der Waals surface area contributed by atoms with Gasteiger partial charge in [-0.05, 0) is 36.8 Å². The van der Waals surface area contributed by atoms with Gasteiger partial charge < -0.3 is 15.4 Å². The van der Waals surface area contributed by atoms with Gasteiger partial charge in [0.05, 0.1) is 6.61 Å². The SMILES string of the molecule is CN(CCOCC1CC1)CC(C)(C)C(N)c1ccccc1. The zero-order valence-electron chi connectivity index (χ0n) is 13.7. The van der Waals surface area contributed by atoms with Crippen molar-refractivity contribution in [2.45, 2.75) is 32.7 Å². The maximum atomic E-state index is 6.47. The second-order valence-corrected chi connectivity index (χ2v) is 7.13. The zero-order valence-corrected chi connectivity index (χ0v) is 13.7. The lowest BCUT2D eigenvalue weighted by Crippen LogP contribution is -2.40. The molecule has 0 saturated heterocycles. The number of nitrogens with two attached hydrogens (primary N) is 1. The Labute approximate surface area is 129 Å². The molecule has 0 spiro atoms. The van der Waals surface area contributed by atoms with Gasteiger partial charge in [0.1, 0.15) is 0 Å². The summed E-state index contributed by atoms with van der Waals surface area (Å²) in [6, 6.07) is 10.4. The van der Waals surface area contributed by atoms with Crippen LogP contribution in [-0.4, -0.2) is 38.3 Å². The average molecular weight is 290 g/mol. The topological polar surface area (TPSA) is 38.5 Å². The van der Waals surface area contributed by atoms with Gasteiger partial charge in [-0.3, -0.25) is 0 Å². The van der Waals surface area contributed by atoms with E-state index in [1.807, 2.05) is 6.07 Å². The van der Waals surface area contributed by atoms with Crippen LogP contribution < -0.4 is 5.73 Å². The second kappa shape index (κ2) is 7.39. The predicted molar refractivity (Wildman–Crippen MR) is 88.2 cm³/mol. The molecule has 1 atom stereocenters. The molecule has 0 bridgehead atoms. The molecular weight excluding hydrogens is 260 g/mol. The standard InChI is InChI=1S/C18H30N2O/c1-18(2,17(19)16-7-5-4-6-8-16)14-20(3)11-12-21-13-15-9-10-15/h4-8,15,17H,9-14,19H2,1-3H3. The van der Waals surface area contributed by atoms with Crippen molar-refractivity contribution in [2.24, 2.45) is 17.1 Å². The fourth-order valence-electron chi connectivity index (χ4n) is 2.74. The quantitative estimate of drug-likeness (QED) is 0.710. The summed E-state index contributed by atoms with van der Waals surface area (Å²) in [7, 11) is 2.15. The fourth-order valence-corrected chi connectivity index (χ4v) is 2.74. The van der Waals surface area contributed by atoms with Crippen LogP contribution >= 0.6 is 0 Å². The molecule has 1 aromatic carbocycles. The highest BCUT2D eigenvalue weighted by Crippen LogP contribution is 2.32. The molecule has 0 amide bonds. The third-order valence-electron chi connectivity index (χ3n) is 4.35. The van der Waals surface area contributed by atoms with E-state index in [0.717, 1.165) is 32.2 Å². The van der Waals surface area contributed by atoms with Gasteiger partial charge in [0.25, 0.3) is 0 Å². The summed E-state index contributed by atoms with van der Waals surface area (Å²) in [5.41, 5.74) is 7.71. The van der Waals surface area contributed by atoms with E-state index in [1.165, 1.54) is 18.4 Å². The van der Waals surface area contributed by atoms with E-state index in [-0.39, 0.29) is 11.5 Å². The van der Waals surface area contributed by atoms with Gasteiger partial charge in [-0.2, -0.15) is 0 Å². The number of nitrogens with zero attached hydrogens (tertiary/aromatic N) is 1. The number of ether oxygens (including phenoxy) is 1. The number of hydrogen-bond donors (Lipinski definition) is 1. The van der Waals surface area contributed by atoms with Crippen LogP contribution in [-0.2, 0) is 4.74 Å². The van der Waals surface area contributed by atoms with Crippen molar-refractivity contribution in [3.8, 4) is 0 Å². The van der Waals surface area contributed by atoms with Crippen molar-refractivity contribution < 1.29 is 4.74 Å². The van der Waals surface area contributed by atoms with Gasteiger partial charge in [0, 0.05) is 25.7 Å². The molecule has 3 heteroatoms. The highest BCUT2D eigenvalue weighted by atomic mass is 16.5. The second-order valence-electron chi connectivity index (χ2n) is 7.13. The van der Waals surface area contributed by atoms with Crippen LogP contribution in [0.5, 0.6) is 0 Å². The van der Waals surface area contributed by atoms with Crippen molar-refractivity contribution in [2.75, 3.05) is 33.4 Å². The first kappa shape index (κ1) is 16.5. The largest absolute Gasteiger partial charge is 0.380 e. The van der Waals surface area contributed by atoms with Gasteiger partial charge in [-0.25, -0.2) is 0 Å². The molecule has 1 aliphatic carbocycles. The van der Waals surface area contributed by atoms with Crippen LogP contribution in [0, 0.1) is 11.3 Å². The maximum Gasteiger partial charge on any atom is 0.0593 e. The normalized spacial score (nSPS) is 17.2. The summed E-state index contributed by atoms with van der Waals surface area (Å²) < 4.78 is 5.71. The zero-order chi connectivity index (χ0) is 15.3. The fraction of sp³-hybridized carbons (Fsp3) is 0.667. The van der Waals surface area contributed by atoms with E-state index in [9.17, 15) is 0 Å². The third kappa shape index (κ3) is 5.42. The Morgan fingerprint density at radius 3 is 2.57 bits per heavy atom. The summed E-state index contributed by atoms with van der Waals surface area (Å²) in [6.07, 6.45) is 2.71. The molecule has 21 heavy (non-hydrogen) atoms. The molecule has 118 valence electrons. The maximum absolute atomic E-state index is 6.47. The third-order valence-corrected chi connectivity index (χ3v) is 4.35. The Morgan fingerprint density at radius 1 is 1.29 bits per heavy atom. The number of hydrogen-bond acceptors (Lipinski definition) is 3. The molecular formula is C18H30N2O. The average Bonchev–Trinajstić information content (AvgIpc) is 3.27. The molecule has 1 saturated carbocycles. The molecule has 0 aliphatic heterocycles. The van der Waals surface area contributed by atoms with E-state index in [1.54, 1.807) is 0 Å².